The number of fused-ring (bicyclic) bond motifs is 1. The Kier molecular flexibility index (Phi) is 4.56. The highest BCUT2D eigenvalue weighted by Gasteiger charge is 2.14. The second kappa shape index (κ2) is 6.77. The summed E-state index contributed by atoms with van der Waals surface area (Å²) in [6, 6.07) is 5.94. The molecule has 4 nitrogen and oxygen atoms in total. The van der Waals surface area contributed by atoms with Crippen molar-refractivity contribution in [2.45, 2.75) is 32.0 Å². The van der Waals surface area contributed by atoms with Crippen LogP contribution in [0.3, 0.4) is 0 Å². The van der Waals surface area contributed by atoms with Gasteiger partial charge in [-0.25, -0.2) is 0 Å². The number of hydrogen-bond acceptors (Lipinski definition) is 3. The van der Waals surface area contributed by atoms with Crippen molar-refractivity contribution in [1.29, 1.82) is 0 Å². The molecule has 1 fully saturated rings. The summed E-state index contributed by atoms with van der Waals surface area (Å²) in [5.74, 6) is 0.897. The van der Waals surface area contributed by atoms with E-state index in [1.807, 2.05) is 24.3 Å². The number of ether oxygens (including phenoxy) is 3. The molecular formula is C16H20NO3. The van der Waals surface area contributed by atoms with Crippen molar-refractivity contribution in [1.82, 2.24) is 5.32 Å². The molecule has 0 aromatic heterocycles. The van der Waals surface area contributed by atoms with Gasteiger partial charge in [-0.1, -0.05) is 6.07 Å². The first kappa shape index (κ1) is 13.5. The van der Waals surface area contributed by atoms with E-state index in [-0.39, 0.29) is 6.29 Å². The normalized spacial score (nSPS) is 20.5. The zero-order chi connectivity index (χ0) is 13.6. The highest BCUT2D eigenvalue weighted by molar-refractivity contribution is 5.73. The maximum atomic E-state index is 5.81. The van der Waals surface area contributed by atoms with E-state index in [1.165, 1.54) is 6.42 Å². The molecule has 1 radical (unpaired) electrons. The van der Waals surface area contributed by atoms with Crippen molar-refractivity contribution in [2.24, 2.45) is 0 Å². The molecule has 107 valence electrons. The highest BCUT2D eigenvalue weighted by Crippen LogP contribution is 2.31. The first-order valence-electron chi connectivity index (χ1n) is 7.30. The van der Waals surface area contributed by atoms with Gasteiger partial charge in [-0.3, -0.25) is 5.32 Å². The molecule has 1 aromatic carbocycles. The van der Waals surface area contributed by atoms with Gasteiger partial charge < -0.3 is 14.2 Å². The van der Waals surface area contributed by atoms with E-state index in [0.717, 1.165) is 42.9 Å². The predicted octanol–water partition coefficient (Wildman–Crippen LogP) is 3.22. The molecule has 0 aliphatic carbocycles. The van der Waals surface area contributed by atoms with Crippen LogP contribution < -0.4 is 10.1 Å². The Morgan fingerprint density at radius 1 is 1.25 bits per heavy atom. The fourth-order valence-corrected chi connectivity index (χ4v) is 2.43. The maximum absolute atomic E-state index is 5.81. The molecule has 0 bridgehead atoms. The average molecular weight is 274 g/mol. The van der Waals surface area contributed by atoms with Gasteiger partial charge in [0.15, 0.2) is 6.29 Å². The van der Waals surface area contributed by atoms with Crippen LogP contribution in [-0.4, -0.2) is 26.1 Å². The van der Waals surface area contributed by atoms with E-state index in [9.17, 15) is 0 Å². The van der Waals surface area contributed by atoms with E-state index in [2.05, 4.69) is 5.32 Å². The minimum absolute atomic E-state index is 0.00791. The lowest BCUT2D eigenvalue weighted by molar-refractivity contribution is -0.163. The molecule has 1 unspecified atom stereocenters. The molecule has 20 heavy (non-hydrogen) atoms. The van der Waals surface area contributed by atoms with Crippen molar-refractivity contribution in [3.63, 3.8) is 0 Å². The monoisotopic (exact) mass is 274 g/mol. The summed E-state index contributed by atoms with van der Waals surface area (Å²) < 4.78 is 17.0. The second-order valence-electron chi connectivity index (χ2n) is 5.00. The summed E-state index contributed by atoms with van der Waals surface area (Å²) >= 11 is 0. The molecule has 2 aliphatic heterocycles. The van der Waals surface area contributed by atoms with Crippen molar-refractivity contribution >= 4 is 11.8 Å². The van der Waals surface area contributed by atoms with Crippen LogP contribution in [0.2, 0.25) is 0 Å². The van der Waals surface area contributed by atoms with Crippen molar-refractivity contribution in [3.8, 4) is 5.75 Å². The topological polar surface area (TPSA) is 41.8 Å². The van der Waals surface area contributed by atoms with Crippen LogP contribution in [0.1, 0.15) is 31.2 Å². The Hall–Kier alpha value is -1.52. The van der Waals surface area contributed by atoms with E-state index in [4.69, 9.17) is 14.2 Å². The van der Waals surface area contributed by atoms with Crippen LogP contribution in [-0.2, 0) is 9.47 Å². The third-order valence-corrected chi connectivity index (χ3v) is 3.49. The molecule has 0 saturated carbocycles. The first-order chi connectivity index (χ1) is 9.93. The Bertz CT molecular complexity index is 467. The zero-order valence-electron chi connectivity index (χ0n) is 11.6. The van der Waals surface area contributed by atoms with Crippen LogP contribution in [0.4, 0.5) is 5.69 Å². The first-order valence-corrected chi connectivity index (χ1v) is 7.30. The third-order valence-electron chi connectivity index (χ3n) is 3.49. The molecule has 0 N–H and O–H groups in total. The molecule has 2 aliphatic rings. The van der Waals surface area contributed by atoms with Crippen molar-refractivity contribution in [2.75, 3.05) is 19.8 Å². The van der Waals surface area contributed by atoms with Gasteiger partial charge in [-0.2, -0.15) is 0 Å². The third kappa shape index (κ3) is 3.32. The summed E-state index contributed by atoms with van der Waals surface area (Å²) in [5, 5.41) is 4.26. The Morgan fingerprint density at radius 2 is 2.25 bits per heavy atom. The Balaban J connectivity index is 1.38. The molecule has 1 atom stereocenters. The minimum atomic E-state index is -0.00791. The summed E-state index contributed by atoms with van der Waals surface area (Å²) in [6.45, 7) is 2.16. The predicted molar refractivity (Wildman–Crippen MR) is 76.9 cm³/mol. The molecule has 3 rings (SSSR count). The summed E-state index contributed by atoms with van der Waals surface area (Å²) in [6.07, 6.45) is 8.02. The molecule has 4 heteroatoms. The smallest absolute Gasteiger partial charge is 0.157 e. The molecule has 1 saturated heterocycles. The standard InChI is InChI=1S/C16H20NO3/c1-2-10-19-16(7-1)20-12-4-11-18-15-6-3-5-14-13(15)8-9-17-14/h3,5-6,8-9,16H,1-2,4,7,10-12H2. The van der Waals surface area contributed by atoms with Crippen molar-refractivity contribution in [3.05, 3.63) is 30.0 Å². The Morgan fingerprint density at radius 3 is 3.15 bits per heavy atom. The number of rotatable bonds is 6. The molecule has 0 spiro atoms. The fourth-order valence-electron chi connectivity index (χ4n) is 2.43. The largest absolute Gasteiger partial charge is 0.493 e. The maximum Gasteiger partial charge on any atom is 0.157 e. The van der Waals surface area contributed by atoms with Crippen LogP contribution in [0.15, 0.2) is 24.4 Å². The minimum Gasteiger partial charge on any atom is -0.493 e. The molecule has 0 amide bonds. The van der Waals surface area contributed by atoms with Gasteiger partial charge in [0.05, 0.1) is 18.9 Å². The average Bonchev–Trinajstić information content (AvgIpc) is 2.97. The lowest BCUT2D eigenvalue weighted by Crippen LogP contribution is -2.23. The number of hydrogen-bond donors (Lipinski definition) is 0. The van der Waals surface area contributed by atoms with Gasteiger partial charge in [-0.15, -0.1) is 0 Å². The SMILES string of the molecule is C1=Cc2c(cccc2OCCCOC2CCCCO2)[N]1. The van der Waals surface area contributed by atoms with Crippen LogP contribution in [0, 0.1) is 0 Å². The lowest BCUT2D eigenvalue weighted by Gasteiger charge is -2.22. The Labute approximate surface area is 119 Å². The summed E-state index contributed by atoms with van der Waals surface area (Å²) in [4.78, 5) is 0. The van der Waals surface area contributed by atoms with E-state index < -0.39 is 0 Å². The molecular weight excluding hydrogens is 254 g/mol. The van der Waals surface area contributed by atoms with E-state index >= 15 is 0 Å². The van der Waals surface area contributed by atoms with Crippen molar-refractivity contribution < 1.29 is 14.2 Å². The van der Waals surface area contributed by atoms with Gasteiger partial charge in [0, 0.05) is 24.8 Å². The zero-order valence-corrected chi connectivity index (χ0v) is 11.6. The van der Waals surface area contributed by atoms with E-state index in [0.29, 0.717) is 13.2 Å². The number of nitrogens with zero attached hydrogens (tertiary/aromatic N) is 1. The summed E-state index contributed by atoms with van der Waals surface area (Å²) in [7, 11) is 0. The van der Waals surface area contributed by atoms with Gasteiger partial charge >= 0.3 is 0 Å². The van der Waals surface area contributed by atoms with Gasteiger partial charge in [0.2, 0.25) is 0 Å². The van der Waals surface area contributed by atoms with Gasteiger partial charge in [-0.05, 0) is 37.5 Å². The van der Waals surface area contributed by atoms with Crippen LogP contribution >= 0.6 is 0 Å². The number of benzene rings is 1. The molecule has 2 heterocycles. The molecule has 1 aromatic rings. The van der Waals surface area contributed by atoms with Crippen LogP contribution in [0.25, 0.3) is 6.08 Å². The second-order valence-corrected chi connectivity index (χ2v) is 5.00. The fraction of sp³-hybridized carbons (Fsp3) is 0.500. The highest BCUT2D eigenvalue weighted by atomic mass is 16.7. The lowest BCUT2D eigenvalue weighted by atomic mass is 10.2. The summed E-state index contributed by atoms with van der Waals surface area (Å²) in [5.41, 5.74) is 2.05. The van der Waals surface area contributed by atoms with Crippen LogP contribution in [0.5, 0.6) is 5.75 Å². The van der Waals surface area contributed by atoms with Gasteiger partial charge in [0.1, 0.15) is 5.75 Å². The van der Waals surface area contributed by atoms with Gasteiger partial charge in [0.25, 0.3) is 0 Å². The van der Waals surface area contributed by atoms with E-state index in [1.54, 1.807) is 6.20 Å². The quantitative estimate of drug-likeness (QED) is 0.748.